The van der Waals surface area contributed by atoms with E-state index in [1.807, 2.05) is 11.4 Å². The molecule has 0 saturated heterocycles. The summed E-state index contributed by atoms with van der Waals surface area (Å²) in [5, 5.41) is 1.94. The van der Waals surface area contributed by atoms with Gasteiger partial charge in [0, 0.05) is 14.7 Å². The summed E-state index contributed by atoms with van der Waals surface area (Å²) in [5.41, 5.74) is 6.57. The Labute approximate surface area is 123 Å². The molecule has 0 aliphatic rings. The summed E-state index contributed by atoms with van der Waals surface area (Å²) in [4.78, 5) is 12.8. The van der Waals surface area contributed by atoms with E-state index in [0.29, 0.717) is 17.0 Å². The van der Waals surface area contributed by atoms with Gasteiger partial charge in [0.2, 0.25) is 0 Å². The van der Waals surface area contributed by atoms with E-state index >= 15 is 0 Å². The highest BCUT2D eigenvalue weighted by Crippen LogP contribution is 2.23. The van der Waals surface area contributed by atoms with Gasteiger partial charge in [0.25, 0.3) is 0 Å². The predicted octanol–water partition coefficient (Wildman–Crippen LogP) is 3.46. The Hall–Kier alpha value is -1.53. The molecule has 2 aromatic rings. The van der Waals surface area contributed by atoms with Crippen LogP contribution in [-0.2, 0) is 11.3 Å². The lowest BCUT2D eigenvalue weighted by atomic mass is 10.2. The zero-order valence-corrected chi connectivity index (χ0v) is 12.6. The van der Waals surface area contributed by atoms with Gasteiger partial charge in [-0.05, 0) is 40.2 Å². The zero-order valence-electron chi connectivity index (χ0n) is 10.2. The fourth-order valence-corrected chi connectivity index (χ4v) is 2.87. The monoisotopic (exact) mass is 341 g/mol. The Balaban J connectivity index is 2.01. The minimum absolute atomic E-state index is 0.251. The largest absolute Gasteiger partial charge is 0.495 e. The van der Waals surface area contributed by atoms with Crippen molar-refractivity contribution in [1.29, 1.82) is 0 Å². The third-order valence-electron chi connectivity index (χ3n) is 2.43. The van der Waals surface area contributed by atoms with Crippen LogP contribution in [0.3, 0.4) is 0 Å². The summed E-state index contributed by atoms with van der Waals surface area (Å²) in [5.74, 6) is 0.137. The van der Waals surface area contributed by atoms with Crippen LogP contribution in [-0.4, -0.2) is 13.1 Å². The second kappa shape index (κ2) is 6.08. The SMILES string of the molecule is COc1ccc(C(=O)OCc2cc(Br)cs2)cc1N. The number of hydrogen-bond donors (Lipinski definition) is 1. The number of nitrogens with two attached hydrogens (primary N) is 1. The van der Waals surface area contributed by atoms with Crippen LogP contribution >= 0.6 is 27.3 Å². The summed E-state index contributed by atoms with van der Waals surface area (Å²) in [7, 11) is 1.53. The van der Waals surface area contributed by atoms with E-state index in [1.54, 1.807) is 18.2 Å². The molecule has 2 rings (SSSR count). The van der Waals surface area contributed by atoms with Crippen molar-refractivity contribution < 1.29 is 14.3 Å². The Bertz CT molecular complexity index is 597. The summed E-state index contributed by atoms with van der Waals surface area (Å²) in [6.45, 7) is 0.251. The van der Waals surface area contributed by atoms with Crippen LogP contribution in [0.2, 0.25) is 0 Å². The van der Waals surface area contributed by atoms with Crippen LogP contribution < -0.4 is 10.5 Å². The van der Waals surface area contributed by atoms with E-state index in [4.69, 9.17) is 15.2 Å². The van der Waals surface area contributed by atoms with E-state index in [9.17, 15) is 4.79 Å². The molecule has 0 aliphatic carbocycles. The van der Waals surface area contributed by atoms with E-state index in [0.717, 1.165) is 9.35 Å². The van der Waals surface area contributed by atoms with Gasteiger partial charge in [0.1, 0.15) is 12.4 Å². The topological polar surface area (TPSA) is 61.5 Å². The number of benzene rings is 1. The number of esters is 1. The third-order valence-corrected chi connectivity index (χ3v) is 4.10. The van der Waals surface area contributed by atoms with Crippen molar-refractivity contribution in [2.45, 2.75) is 6.61 Å². The van der Waals surface area contributed by atoms with E-state index in [2.05, 4.69) is 15.9 Å². The molecule has 4 nitrogen and oxygen atoms in total. The number of anilines is 1. The van der Waals surface area contributed by atoms with Gasteiger partial charge in [-0.1, -0.05) is 0 Å². The number of rotatable bonds is 4. The molecule has 0 unspecified atom stereocenters. The minimum Gasteiger partial charge on any atom is -0.495 e. The Kier molecular flexibility index (Phi) is 4.44. The molecule has 0 amide bonds. The van der Waals surface area contributed by atoms with E-state index in [1.165, 1.54) is 18.4 Å². The van der Waals surface area contributed by atoms with Crippen LogP contribution in [0.5, 0.6) is 5.75 Å². The number of ether oxygens (including phenoxy) is 2. The average Bonchev–Trinajstić information content (AvgIpc) is 2.81. The second-order valence-corrected chi connectivity index (χ2v) is 5.68. The van der Waals surface area contributed by atoms with Gasteiger partial charge >= 0.3 is 5.97 Å². The Morgan fingerprint density at radius 3 is 2.79 bits per heavy atom. The molecule has 100 valence electrons. The highest BCUT2D eigenvalue weighted by atomic mass is 79.9. The van der Waals surface area contributed by atoms with Crippen LogP contribution in [0.1, 0.15) is 15.2 Å². The van der Waals surface area contributed by atoms with Crippen molar-refractivity contribution in [3.8, 4) is 5.75 Å². The van der Waals surface area contributed by atoms with Crippen molar-refractivity contribution >= 4 is 38.9 Å². The van der Waals surface area contributed by atoms with Gasteiger partial charge in [-0.2, -0.15) is 0 Å². The molecular weight excluding hydrogens is 330 g/mol. The minimum atomic E-state index is -0.404. The molecule has 0 atom stereocenters. The fourth-order valence-electron chi connectivity index (χ4n) is 1.51. The smallest absolute Gasteiger partial charge is 0.338 e. The van der Waals surface area contributed by atoms with Gasteiger partial charge in [-0.3, -0.25) is 0 Å². The van der Waals surface area contributed by atoms with Crippen LogP contribution in [0.25, 0.3) is 0 Å². The van der Waals surface area contributed by atoms with Crippen LogP contribution in [0.15, 0.2) is 34.1 Å². The molecule has 6 heteroatoms. The van der Waals surface area contributed by atoms with Crippen molar-refractivity contribution in [3.05, 3.63) is 44.6 Å². The van der Waals surface area contributed by atoms with Crippen LogP contribution in [0, 0.1) is 0 Å². The van der Waals surface area contributed by atoms with Gasteiger partial charge in [-0.25, -0.2) is 4.79 Å². The molecule has 2 N–H and O–H groups in total. The molecule has 0 aliphatic heterocycles. The molecule has 1 aromatic carbocycles. The lowest BCUT2D eigenvalue weighted by Crippen LogP contribution is -2.05. The fraction of sp³-hybridized carbons (Fsp3) is 0.154. The maximum absolute atomic E-state index is 11.9. The maximum Gasteiger partial charge on any atom is 0.338 e. The lowest BCUT2D eigenvalue weighted by Gasteiger charge is -2.07. The number of nitrogen functional groups attached to an aromatic ring is 1. The van der Waals surface area contributed by atoms with Crippen molar-refractivity contribution in [2.75, 3.05) is 12.8 Å². The average molecular weight is 342 g/mol. The first kappa shape index (κ1) is 13.9. The van der Waals surface area contributed by atoms with Gasteiger partial charge in [0.05, 0.1) is 18.4 Å². The van der Waals surface area contributed by atoms with E-state index in [-0.39, 0.29) is 6.61 Å². The molecule has 1 heterocycles. The summed E-state index contributed by atoms with van der Waals surface area (Å²) >= 11 is 4.88. The molecule has 0 saturated carbocycles. The molecule has 0 radical (unpaired) electrons. The molecule has 19 heavy (non-hydrogen) atoms. The molecule has 0 spiro atoms. The second-order valence-electron chi connectivity index (χ2n) is 3.76. The molecule has 1 aromatic heterocycles. The summed E-state index contributed by atoms with van der Waals surface area (Å²) < 4.78 is 11.2. The molecular formula is C13H12BrNO3S. The maximum atomic E-state index is 11.9. The number of carbonyl (C=O) groups excluding carboxylic acids is 1. The molecule has 0 fully saturated rings. The first-order valence-electron chi connectivity index (χ1n) is 5.43. The Morgan fingerprint density at radius 1 is 1.42 bits per heavy atom. The van der Waals surface area contributed by atoms with E-state index < -0.39 is 5.97 Å². The van der Waals surface area contributed by atoms with Gasteiger partial charge in [-0.15, -0.1) is 11.3 Å². The highest BCUT2D eigenvalue weighted by Gasteiger charge is 2.10. The zero-order chi connectivity index (χ0) is 13.8. The number of methoxy groups -OCH3 is 1. The van der Waals surface area contributed by atoms with Crippen molar-refractivity contribution in [3.63, 3.8) is 0 Å². The first-order valence-corrected chi connectivity index (χ1v) is 7.11. The number of thiophene rings is 1. The first-order chi connectivity index (χ1) is 9.10. The summed E-state index contributed by atoms with van der Waals surface area (Å²) in [6.07, 6.45) is 0. The number of hydrogen-bond acceptors (Lipinski definition) is 5. The van der Waals surface area contributed by atoms with Crippen LogP contribution in [0.4, 0.5) is 5.69 Å². The Morgan fingerprint density at radius 2 is 2.21 bits per heavy atom. The van der Waals surface area contributed by atoms with Gasteiger partial charge < -0.3 is 15.2 Å². The third kappa shape index (κ3) is 3.48. The van der Waals surface area contributed by atoms with Gasteiger partial charge in [0.15, 0.2) is 0 Å². The normalized spacial score (nSPS) is 10.2. The summed E-state index contributed by atoms with van der Waals surface area (Å²) in [6, 6.07) is 6.74. The highest BCUT2D eigenvalue weighted by molar-refractivity contribution is 9.10. The van der Waals surface area contributed by atoms with Crippen molar-refractivity contribution in [2.24, 2.45) is 0 Å². The quantitative estimate of drug-likeness (QED) is 0.683. The lowest BCUT2D eigenvalue weighted by molar-refractivity contribution is 0.0477. The molecule has 0 bridgehead atoms. The number of carbonyl (C=O) groups is 1. The predicted molar refractivity (Wildman–Crippen MR) is 78.5 cm³/mol. The number of halogens is 1. The standard InChI is InChI=1S/C13H12BrNO3S/c1-17-12-3-2-8(4-11(12)15)13(16)18-6-10-5-9(14)7-19-10/h2-5,7H,6,15H2,1H3. The van der Waals surface area contributed by atoms with Crippen molar-refractivity contribution in [1.82, 2.24) is 0 Å².